The quantitative estimate of drug-likeness (QED) is 0.387. The first-order valence-electron chi connectivity index (χ1n) is 13.6. The summed E-state index contributed by atoms with van der Waals surface area (Å²) in [6.45, 7) is 6.18. The van der Waals surface area contributed by atoms with Gasteiger partial charge in [-0.25, -0.2) is 0 Å². The van der Waals surface area contributed by atoms with Crippen LogP contribution < -0.4 is 4.90 Å². The summed E-state index contributed by atoms with van der Waals surface area (Å²) in [5, 5.41) is 9.85. The number of likely N-dealkylation sites (tertiary alicyclic amines) is 1. The normalized spacial score (nSPS) is 32.4. The number of rotatable bonds is 8. The number of hydrogen-bond acceptors (Lipinski definition) is 5. The van der Waals surface area contributed by atoms with E-state index in [4.69, 9.17) is 11.6 Å². The molecule has 1 aromatic rings. The summed E-state index contributed by atoms with van der Waals surface area (Å²) in [6, 6.07) is 6.46. The standard InChI is InChI=1S/C29H36ClN3O4S/c1-3-15-31-16-7-13-28(2)22(25(31)35)23-26(36)33(17-5-4-6-19-34)24-27(37)32(18-8-14-29(23,24)38-28)21-11-9-20(30)10-12-21/h7-14,22-24,34H,3-6,15-19H2,1-2H3/t22-,23+,24?,28+,29+/m1/s1. The third kappa shape index (κ3) is 4.38. The molecule has 1 spiro atoms. The SMILES string of the molecule is CCCN1CC=C[C@]2(C)S[C@]34C=CCN(c5ccc(Cl)cc5)C(=O)C3N(CCCCCO)C(=O)[C@@H]4[C@@H]2C1=O. The van der Waals surface area contributed by atoms with Gasteiger partial charge < -0.3 is 19.8 Å². The molecule has 5 atom stereocenters. The lowest BCUT2D eigenvalue weighted by atomic mass is 9.74. The van der Waals surface area contributed by atoms with Crippen molar-refractivity contribution in [3.8, 4) is 0 Å². The van der Waals surface area contributed by atoms with E-state index < -0.39 is 27.4 Å². The number of halogens is 1. The van der Waals surface area contributed by atoms with Gasteiger partial charge in [0.2, 0.25) is 11.8 Å². The number of carbonyl (C=O) groups excluding carboxylic acids is 3. The van der Waals surface area contributed by atoms with Gasteiger partial charge in [0.25, 0.3) is 5.91 Å². The number of thioether (sulfide) groups is 1. The Kier molecular flexibility index (Phi) is 7.68. The topological polar surface area (TPSA) is 81.2 Å². The third-order valence-electron chi connectivity index (χ3n) is 8.33. The molecule has 3 amide bonds. The maximum Gasteiger partial charge on any atom is 0.251 e. The molecule has 1 unspecified atom stereocenters. The Morgan fingerprint density at radius 3 is 2.39 bits per heavy atom. The number of carbonyl (C=O) groups is 3. The van der Waals surface area contributed by atoms with Gasteiger partial charge in [0.15, 0.2) is 0 Å². The minimum absolute atomic E-state index is 0.00242. The highest BCUT2D eigenvalue weighted by Gasteiger charge is 2.73. The summed E-state index contributed by atoms with van der Waals surface area (Å²) in [5.74, 6) is -1.42. The van der Waals surface area contributed by atoms with Crippen molar-refractivity contribution in [1.82, 2.24) is 9.80 Å². The number of unbranched alkanes of at least 4 members (excludes halogenated alkanes) is 2. The largest absolute Gasteiger partial charge is 0.396 e. The number of aliphatic hydroxyl groups is 1. The van der Waals surface area contributed by atoms with Gasteiger partial charge in [-0.3, -0.25) is 14.4 Å². The van der Waals surface area contributed by atoms with E-state index >= 15 is 0 Å². The molecule has 2 fully saturated rings. The molecule has 7 nitrogen and oxygen atoms in total. The van der Waals surface area contributed by atoms with E-state index in [-0.39, 0.29) is 24.3 Å². The number of amides is 3. The number of aliphatic hydroxyl groups excluding tert-OH is 1. The van der Waals surface area contributed by atoms with Crippen LogP contribution in [0, 0.1) is 11.8 Å². The molecule has 0 saturated carbocycles. The molecule has 9 heteroatoms. The number of benzene rings is 1. The number of hydrogen-bond donors (Lipinski definition) is 1. The second-order valence-electron chi connectivity index (χ2n) is 10.8. The van der Waals surface area contributed by atoms with Crippen molar-refractivity contribution in [3.63, 3.8) is 0 Å². The van der Waals surface area contributed by atoms with Gasteiger partial charge in [-0.15, -0.1) is 11.8 Å². The number of fused-ring (bicyclic) bond motifs is 2. The van der Waals surface area contributed by atoms with Crippen LogP contribution >= 0.6 is 23.4 Å². The van der Waals surface area contributed by atoms with Crippen LogP contribution in [0.2, 0.25) is 5.02 Å². The van der Waals surface area contributed by atoms with Crippen LogP contribution in [0.25, 0.3) is 0 Å². The second-order valence-corrected chi connectivity index (χ2v) is 13.1. The Morgan fingerprint density at radius 2 is 1.68 bits per heavy atom. The van der Waals surface area contributed by atoms with E-state index in [0.29, 0.717) is 44.0 Å². The average Bonchev–Trinajstić information content (AvgIpc) is 3.16. The van der Waals surface area contributed by atoms with Gasteiger partial charge in [-0.1, -0.05) is 42.8 Å². The van der Waals surface area contributed by atoms with Crippen molar-refractivity contribution < 1.29 is 19.5 Å². The minimum Gasteiger partial charge on any atom is -0.396 e. The second kappa shape index (κ2) is 10.7. The predicted molar refractivity (Wildman–Crippen MR) is 151 cm³/mol. The van der Waals surface area contributed by atoms with Crippen molar-refractivity contribution in [2.75, 3.05) is 37.7 Å². The molecule has 5 rings (SSSR count). The maximum absolute atomic E-state index is 14.4. The van der Waals surface area contributed by atoms with Crippen molar-refractivity contribution in [1.29, 1.82) is 0 Å². The van der Waals surface area contributed by atoms with E-state index in [1.54, 1.807) is 33.7 Å². The zero-order valence-electron chi connectivity index (χ0n) is 22.0. The fourth-order valence-electron chi connectivity index (χ4n) is 6.71. The van der Waals surface area contributed by atoms with Gasteiger partial charge in [0, 0.05) is 48.2 Å². The molecule has 4 aliphatic rings. The summed E-state index contributed by atoms with van der Waals surface area (Å²) in [5.41, 5.74) is 0.728. The van der Waals surface area contributed by atoms with Gasteiger partial charge >= 0.3 is 0 Å². The molecule has 4 aliphatic heterocycles. The van der Waals surface area contributed by atoms with Crippen molar-refractivity contribution in [2.45, 2.75) is 55.1 Å². The fraction of sp³-hybridized carbons (Fsp3) is 0.552. The Bertz CT molecular complexity index is 1160. The molecule has 0 radical (unpaired) electrons. The first kappa shape index (κ1) is 27.3. The highest BCUT2D eigenvalue weighted by molar-refractivity contribution is 8.02. The lowest BCUT2D eigenvalue weighted by Gasteiger charge is -2.37. The van der Waals surface area contributed by atoms with E-state index in [1.807, 2.05) is 29.2 Å². The predicted octanol–water partition coefficient (Wildman–Crippen LogP) is 3.90. The lowest BCUT2D eigenvalue weighted by molar-refractivity contribution is -0.143. The molecule has 1 N–H and O–H groups in total. The van der Waals surface area contributed by atoms with Gasteiger partial charge in [-0.2, -0.15) is 0 Å². The van der Waals surface area contributed by atoms with E-state index in [0.717, 1.165) is 18.5 Å². The van der Waals surface area contributed by atoms with Crippen LogP contribution in [0.5, 0.6) is 0 Å². The van der Waals surface area contributed by atoms with E-state index in [2.05, 4.69) is 26.0 Å². The molecular formula is C29H36ClN3O4S. The van der Waals surface area contributed by atoms with E-state index in [1.165, 1.54) is 0 Å². The Morgan fingerprint density at radius 1 is 0.947 bits per heavy atom. The Labute approximate surface area is 233 Å². The molecule has 0 aromatic heterocycles. The van der Waals surface area contributed by atoms with Crippen molar-refractivity contribution >= 4 is 46.8 Å². The number of nitrogens with zero attached hydrogens (tertiary/aromatic N) is 3. The molecule has 2 saturated heterocycles. The Hall–Kier alpha value is -2.29. The summed E-state index contributed by atoms with van der Waals surface area (Å²) >= 11 is 7.73. The summed E-state index contributed by atoms with van der Waals surface area (Å²) < 4.78 is -1.44. The zero-order chi connectivity index (χ0) is 27.1. The summed E-state index contributed by atoms with van der Waals surface area (Å²) in [6.07, 6.45) is 11.1. The van der Waals surface area contributed by atoms with Crippen LogP contribution in [-0.2, 0) is 14.4 Å². The van der Waals surface area contributed by atoms with Crippen LogP contribution in [-0.4, -0.2) is 80.9 Å². The molecular weight excluding hydrogens is 522 g/mol. The Balaban J connectivity index is 1.59. The van der Waals surface area contributed by atoms with Gasteiger partial charge in [0.1, 0.15) is 6.04 Å². The van der Waals surface area contributed by atoms with Crippen LogP contribution in [0.15, 0.2) is 48.6 Å². The maximum atomic E-state index is 14.4. The summed E-state index contributed by atoms with van der Waals surface area (Å²) in [4.78, 5) is 48.1. The molecule has 0 aliphatic carbocycles. The minimum atomic E-state index is -0.846. The third-order valence-corrected chi connectivity index (χ3v) is 10.4. The fourth-order valence-corrected chi connectivity index (χ4v) is 8.99. The molecule has 0 bridgehead atoms. The van der Waals surface area contributed by atoms with Crippen molar-refractivity contribution in [2.24, 2.45) is 11.8 Å². The first-order valence-corrected chi connectivity index (χ1v) is 14.8. The highest BCUT2D eigenvalue weighted by Crippen LogP contribution is 2.65. The van der Waals surface area contributed by atoms with Crippen LogP contribution in [0.3, 0.4) is 0 Å². The highest BCUT2D eigenvalue weighted by atomic mass is 35.5. The van der Waals surface area contributed by atoms with Gasteiger partial charge in [-0.05, 0) is 56.9 Å². The smallest absolute Gasteiger partial charge is 0.251 e. The average molecular weight is 558 g/mol. The van der Waals surface area contributed by atoms with Gasteiger partial charge in [0.05, 0.1) is 16.6 Å². The molecule has 1 aromatic carbocycles. The number of anilines is 1. The first-order chi connectivity index (χ1) is 18.3. The van der Waals surface area contributed by atoms with Crippen LogP contribution in [0.1, 0.15) is 39.5 Å². The molecule has 204 valence electrons. The summed E-state index contributed by atoms with van der Waals surface area (Å²) in [7, 11) is 0. The molecule has 4 heterocycles. The monoisotopic (exact) mass is 557 g/mol. The van der Waals surface area contributed by atoms with Crippen LogP contribution in [0.4, 0.5) is 5.69 Å². The van der Waals surface area contributed by atoms with Crippen molar-refractivity contribution in [3.05, 3.63) is 53.6 Å². The molecule has 38 heavy (non-hydrogen) atoms. The zero-order valence-corrected chi connectivity index (χ0v) is 23.6. The lowest BCUT2D eigenvalue weighted by Crippen LogP contribution is -2.53. The van der Waals surface area contributed by atoms with E-state index in [9.17, 15) is 19.5 Å².